The lowest BCUT2D eigenvalue weighted by Gasteiger charge is -2.26. The number of hydrogen-bond donors (Lipinski definition) is 1. The first-order valence-corrected chi connectivity index (χ1v) is 5.02. The number of fused-ring (bicyclic) bond motifs is 2. The standard InChI is InChI=1S/C7H12N2O3S/c1-5-2-3-6-4-8(5)7(10)9(6)12-13-11/h5-6,11H,2-4H2,1H3/t5-,6-/m1/s1. The van der Waals surface area contributed by atoms with Gasteiger partial charge in [-0.2, -0.15) is 9.35 Å². The summed E-state index contributed by atoms with van der Waals surface area (Å²) < 4.78 is 13.3. The van der Waals surface area contributed by atoms with Crippen LogP contribution in [0.25, 0.3) is 0 Å². The van der Waals surface area contributed by atoms with Crippen molar-refractivity contribution in [2.45, 2.75) is 31.8 Å². The Hall–Kier alpha value is -0.460. The van der Waals surface area contributed by atoms with Crippen molar-refractivity contribution in [2.75, 3.05) is 6.54 Å². The Kier molecular flexibility index (Phi) is 2.35. The van der Waals surface area contributed by atoms with Gasteiger partial charge in [0.05, 0.1) is 6.04 Å². The maximum Gasteiger partial charge on any atom is 0.345 e. The Bertz CT molecular complexity index is 226. The van der Waals surface area contributed by atoms with Crippen LogP contribution in [0.4, 0.5) is 4.79 Å². The number of piperidine rings is 1. The van der Waals surface area contributed by atoms with E-state index in [4.69, 9.17) is 8.84 Å². The molecule has 0 aromatic rings. The largest absolute Gasteiger partial charge is 0.345 e. The number of amides is 2. The van der Waals surface area contributed by atoms with Gasteiger partial charge < -0.3 is 9.45 Å². The molecule has 1 N–H and O–H groups in total. The second-order valence-corrected chi connectivity index (χ2v) is 3.79. The van der Waals surface area contributed by atoms with Gasteiger partial charge in [-0.15, -0.1) is 0 Å². The highest BCUT2D eigenvalue weighted by Gasteiger charge is 2.44. The average molecular weight is 204 g/mol. The Morgan fingerprint density at radius 2 is 2.38 bits per heavy atom. The third-order valence-corrected chi connectivity index (χ3v) is 2.96. The van der Waals surface area contributed by atoms with Crippen LogP contribution in [-0.4, -0.2) is 39.2 Å². The quantitative estimate of drug-likeness (QED) is 0.689. The molecule has 0 aromatic heterocycles. The highest BCUT2D eigenvalue weighted by molar-refractivity contribution is 7.88. The van der Waals surface area contributed by atoms with E-state index < -0.39 is 0 Å². The van der Waals surface area contributed by atoms with Crippen molar-refractivity contribution < 1.29 is 13.6 Å². The molecule has 2 rings (SSSR count). The van der Waals surface area contributed by atoms with Crippen molar-refractivity contribution >= 4 is 18.4 Å². The number of hydroxylamine groups is 2. The topological polar surface area (TPSA) is 53.0 Å². The van der Waals surface area contributed by atoms with E-state index >= 15 is 0 Å². The molecule has 2 fully saturated rings. The van der Waals surface area contributed by atoms with Gasteiger partial charge in [0, 0.05) is 12.6 Å². The summed E-state index contributed by atoms with van der Waals surface area (Å²) in [5.74, 6) is 0. The van der Waals surface area contributed by atoms with E-state index in [1.54, 1.807) is 4.90 Å². The van der Waals surface area contributed by atoms with Crippen molar-refractivity contribution in [2.24, 2.45) is 0 Å². The molecule has 2 bridgehead atoms. The normalized spacial score (nSPS) is 32.9. The first-order valence-electron chi connectivity index (χ1n) is 4.32. The monoisotopic (exact) mass is 204 g/mol. The molecule has 0 unspecified atom stereocenters. The first kappa shape index (κ1) is 9.11. The molecule has 0 aromatic carbocycles. The molecule has 2 aliphatic rings. The third kappa shape index (κ3) is 1.38. The fraction of sp³-hybridized carbons (Fsp3) is 0.857. The zero-order valence-corrected chi connectivity index (χ0v) is 8.16. The van der Waals surface area contributed by atoms with Crippen LogP contribution in [0.1, 0.15) is 19.8 Å². The molecule has 2 amide bonds. The van der Waals surface area contributed by atoms with Crippen LogP contribution in [0.5, 0.6) is 0 Å². The van der Waals surface area contributed by atoms with Crippen molar-refractivity contribution in [3.8, 4) is 0 Å². The molecule has 2 heterocycles. The number of urea groups is 1. The van der Waals surface area contributed by atoms with E-state index in [1.807, 2.05) is 6.92 Å². The third-order valence-electron chi connectivity index (χ3n) is 2.74. The van der Waals surface area contributed by atoms with Crippen LogP contribution in [0.15, 0.2) is 0 Å². The minimum atomic E-state index is -0.128. The van der Waals surface area contributed by atoms with E-state index in [0.29, 0.717) is 6.04 Å². The second-order valence-electron chi connectivity index (χ2n) is 3.49. The number of carbonyl (C=O) groups excluding carboxylic acids is 1. The molecule has 0 radical (unpaired) electrons. The van der Waals surface area contributed by atoms with Gasteiger partial charge in [-0.05, 0) is 19.8 Å². The highest BCUT2D eigenvalue weighted by atomic mass is 32.2. The van der Waals surface area contributed by atoms with Gasteiger partial charge in [-0.25, -0.2) is 4.79 Å². The van der Waals surface area contributed by atoms with E-state index in [9.17, 15) is 4.79 Å². The van der Waals surface area contributed by atoms with Crippen molar-refractivity contribution in [3.63, 3.8) is 0 Å². The lowest BCUT2D eigenvalue weighted by molar-refractivity contribution is -0.0136. The lowest BCUT2D eigenvalue weighted by atomic mass is 10.0. The number of rotatable bonds is 2. The predicted octanol–water partition coefficient (Wildman–Crippen LogP) is 1.33. The van der Waals surface area contributed by atoms with Crippen molar-refractivity contribution in [1.82, 2.24) is 9.96 Å². The van der Waals surface area contributed by atoms with Crippen LogP contribution in [0.3, 0.4) is 0 Å². The Balaban J connectivity index is 2.11. The van der Waals surface area contributed by atoms with Gasteiger partial charge in [0.25, 0.3) is 0 Å². The van der Waals surface area contributed by atoms with Crippen molar-refractivity contribution in [1.29, 1.82) is 0 Å². The van der Waals surface area contributed by atoms with Gasteiger partial charge >= 0.3 is 6.03 Å². The summed E-state index contributed by atoms with van der Waals surface area (Å²) in [6.45, 7) is 2.75. The maximum atomic E-state index is 11.6. The van der Waals surface area contributed by atoms with Crippen LogP contribution >= 0.6 is 12.3 Å². The Morgan fingerprint density at radius 3 is 3.00 bits per heavy atom. The van der Waals surface area contributed by atoms with Gasteiger partial charge in [0.1, 0.15) is 0 Å². The number of hydrogen-bond acceptors (Lipinski definition) is 4. The molecule has 0 aliphatic carbocycles. The predicted molar refractivity (Wildman–Crippen MR) is 47.7 cm³/mol. The fourth-order valence-corrected chi connectivity index (χ4v) is 2.21. The van der Waals surface area contributed by atoms with Gasteiger partial charge in [-0.3, -0.25) is 0 Å². The lowest BCUT2D eigenvalue weighted by Crippen LogP contribution is -2.37. The molecule has 6 heteroatoms. The van der Waals surface area contributed by atoms with Crippen molar-refractivity contribution in [3.05, 3.63) is 0 Å². The maximum absolute atomic E-state index is 11.6. The highest BCUT2D eigenvalue weighted by Crippen LogP contribution is 2.30. The molecule has 2 saturated heterocycles. The van der Waals surface area contributed by atoms with Gasteiger partial charge in [-0.1, -0.05) is 0 Å². The summed E-state index contributed by atoms with van der Waals surface area (Å²) in [5, 5.41) is 1.27. The van der Waals surface area contributed by atoms with E-state index in [0.717, 1.165) is 19.4 Å². The molecule has 0 spiro atoms. The minimum Gasteiger partial charge on any atom is -0.318 e. The minimum absolute atomic E-state index is 0.114. The van der Waals surface area contributed by atoms with E-state index in [2.05, 4.69) is 0 Å². The summed E-state index contributed by atoms with van der Waals surface area (Å²) in [4.78, 5) is 13.4. The van der Waals surface area contributed by atoms with Crippen LogP contribution in [0.2, 0.25) is 0 Å². The molecular weight excluding hydrogens is 192 g/mol. The molecule has 13 heavy (non-hydrogen) atoms. The summed E-state index contributed by atoms with van der Waals surface area (Å²) >= 11 is 0.231. The summed E-state index contributed by atoms with van der Waals surface area (Å²) in [7, 11) is 0. The summed E-state index contributed by atoms with van der Waals surface area (Å²) in [6, 6.07) is 0.279. The van der Waals surface area contributed by atoms with Gasteiger partial charge in [0.15, 0.2) is 12.3 Å². The van der Waals surface area contributed by atoms with Crippen LogP contribution in [0, 0.1) is 0 Å². The molecule has 0 saturated carbocycles. The van der Waals surface area contributed by atoms with Crippen LogP contribution < -0.4 is 0 Å². The SMILES string of the molecule is C[C@@H]1CC[C@@H]2CN1C(=O)N2OSO. The average Bonchev–Trinajstić information content (AvgIpc) is 2.38. The molecule has 74 valence electrons. The molecule has 2 aliphatic heterocycles. The Morgan fingerprint density at radius 1 is 1.62 bits per heavy atom. The number of carbonyl (C=O) groups is 1. The Labute approximate surface area is 81.0 Å². The molecule has 5 nitrogen and oxygen atoms in total. The van der Waals surface area contributed by atoms with Gasteiger partial charge in [0.2, 0.25) is 0 Å². The second kappa shape index (κ2) is 3.36. The summed E-state index contributed by atoms with van der Waals surface area (Å²) in [6.07, 6.45) is 1.95. The number of nitrogens with zero attached hydrogens (tertiary/aromatic N) is 2. The zero-order valence-electron chi connectivity index (χ0n) is 7.34. The summed E-state index contributed by atoms with van der Waals surface area (Å²) in [5.41, 5.74) is 0. The zero-order chi connectivity index (χ0) is 9.42. The fourth-order valence-electron chi connectivity index (χ4n) is 1.96. The van der Waals surface area contributed by atoms with E-state index in [-0.39, 0.29) is 24.4 Å². The first-order chi connectivity index (χ1) is 6.24. The molecule has 2 atom stereocenters. The van der Waals surface area contributed by atoms with E-state index in [1.165, 1.54) is 5.06 Å². The molecular formula is C7H12N2O3S. The van der Waals surface area contributed by atoms with Crippen LogP contribution in [-0.2, 0) is 4.28 Å². The smallest absolute Gasteiger partial charge is 0.318 e.